The van der Waals surface area contributed by atoms with Crippen molar-refractivity contribution >= 4 is 21.3 Å². The number of hydrogen-bond donors (Lipinski definition) is 0. The van der Waals surface area contributed by atoms with Gasteiger partial charge in [0.1, 0.15) is 23.9 Å². The Morgan fingerprint density at radius 3 is 2.21 bits per heavy atom. The highest BCUT2D eigenvalue weighted by molar-refractivity contribution is 6.48. The predicted molar refractivity (Wildman–Crippen MR) is 216 cm³/mol. The molecule has 8 aliphatic rings. The van der Waals surface area contributed by atoms with E-state index in [1.165, 1.54) is 6.29 Å². The summed E-state index contributed by atoms with van der Waals surface area (Å²) in [5.41, 5.74) is -0.643. The monoisotopic (exact) mass is 798 g/mol. The van der Waals surface area contributed by atoms with Crippen LogP contribution in [-0.2, 0) is 42.4 Å². The van der Waals surface area contributed by atoms with Gasteiger partial charge in [0.05, 0.1) is 17.9 Å². The topological polar surface area (TPSA) is 98.8 Å². The van der Waals surface area contributed by atoms with E-state index in [-0.39, 0.29) is 42.2 Å². The van der Waals surface area contributed by atoms with E-state index < -0.39 is 67.1 Å². The minimum atomic E-state index is -1.72. The Kier molecular flexibility index (Phi) is 9.52. The molecule has 4 aliphatic carbocycles. The third-order valence-electron chi connectivity index (χ3n) is 15.3. The van der Waals surface area contributed by atoms with Crippen molar-refractivity contribution in [1.29, 1.82) is 0 Å². The number of aldehydes is 1. The molecular weight excluding hydrogens is 737 g/mol. The third kappa shape index (κ3) is 5.32. The van der Waals surface area contributed by atoms with Crippen LogP contribution in [0.3, 0.4) is 0 Å². The van der Waals surface area contributed by atoms with E-state index in [9.17, 15) is 4.79 Å². The van der Waals surface area contributed by atoms with Crippen LogP contribution in [0, 0.1) is 57.2 Å². The molecule has 7 fully saturated rings. The molecule has 0 radical (unpaired) electrons. The maximum Gasteiger partial charge on any atom is 0.318 e. The quantitative estimate of drug-likeness (QED) is 0.0857. The Bertz CT molecular complexity index is 1860. The van der Waals surface area contributed by atoms with Crippen LogP contribution in [0.4, 0.5) is 0 Å². The number of carbonyl (C=O) groups is 2. The summed E-state index contributed by atoms with van der Waals surface area (Å²) in [7, 11) is -1.72. The van der Waals surface area contributed by atoms with Crippen molar-refractivity contribution < 1.29 is 42.4 Å². The number of ether oxygens (including phenoxy) is 6. The molecule has 0 spiro atoms. The first kappa shape index (κ1) is 39.7. The van der Waals surface area contributed by atoms with Crippen molar-refractivity contribution in [2.75, 3.05) is 13.2 Å². The molecule has 13 atom stereocenters. The highest BCUT2D eigenvalue weighted by atomic mass is 28.3. The Labute approximate surface area is 340 Å². The van der Waals surface area contributed by atoms with Crippen molar-refractivity contribution in [3.63, 3.8) is 0 Å². The van der Waals surface area contributed by atoms with Gasteiger partial charge in [-0.05, 0) is 85.4 Å². The summed E-state index contributed by atoms with van der Waals surface area (Å²) in [5.74, 6) is -3.07. The second-order valence-corrected chi connectivity index (χ2v) is 22.3. The summed E-state index contributed by atoms with van der Waals surface area (Å²) in [6.45, 7) is 19.9. The SMILES string of the molecule is CCOC1C2OC3(O[SiH](C)C)OC(OCC45CC6C(C)CCC6C6(C=O)CC4C=C(C(C)C)C65C(=O)OC(c4ccccc4)c4ccccc4)(OC13)C2C(C)(C)C. The van der Waals surface area contributed by atoms with Crippen molar-refractivity contribution in [3.05, 3.63) is 83.4 Å². The standard InChI is InChI=1S/C47H62O9Si/c1-10-50-38-37-39(42(5,6)7)46(54-40(38)47(53-37,55-46)56-57(8)9)51-27-44-25-33-29(4)21-22-34(33)43(26-48)24-32(44)23-35(28(2)3)45(43,44)41(49)52-36(30-17-13-11-14-18-30)31-19-15-12-16-20-31/h11-20,23,26,28-29,32-34,36-40,57H,10,21-22,24-25,27H2,1-9H3. The lowest BCUT2D eigenvalue weighted by Gasteiger charge is -2.59. The third-order valence-corrected chi connectivity index (χ3v) is 16.1. The molecule has 8 bridgehead atoms. The van der Waals surface area contributed by atoms with Gasteiger partial charge in [0.15, 0.2) is 21.2 Å². The average Bonchev–Trinajstić information content (AvgIpc) is 3.86. The molecule has 4 saturated heterocycles. The van der Waals surface area contributed by atoms with Crippen LogP contribution in [0.25, 0.3) is 0 Å². The molecule has 2 aromatic rings. The molecule has 10 heteroatoms. The van der Waals surface area contributed by atoms with Crippen LogP contribution in [0.2, 0.25) is 13.1 Å². The Balaban J connectivity index is 1.19. The highest BCUT2D eigenvalue weighted by Crippen LogP contribution is 2.83. The van der Waals surface area contributed by atoms with Crippen LogP contribution in [-0.4, -0.2) is 64.8 Å². The number of carbonyl (C=O) groups excluding carboxylic acids is 2. The van der Waals surface area contributed by atoms with Gasteiger partial charge in [-0.25, -0.2) is 0 Å². The van der Waals surface area contributed by atoms with Crippen molar-refractivity contribution in [3.8, 4) is 0 Å². The van der Waals surface area contributed by atoms with E-state index in [4.69, 9.17) is 32.8 Å². The highest BCUT2D eigenvalue weighted by Gasteiger charge is 2.86. The summed E-state index contributed by atoms with van der Waals surface area (Å²) in [6.07, 6.45) is 4.69. The van der Waals surface area contributed by atoms with Crippen LogP contribution in [0.1, 0.15) is 91.4 Å². The van der Waals surface area contributed by atoms with Crippen LogP contribution in [0.5, 0.6) is 0 Å². The zero-order chi connectivity index (χ0) is 40.3. The number of hydrogen-bond acceptors (Lipinski definition) is 9. The number of benzene rings is 2. The second-order valence-electron chi connectivity index (χ2n) is 19.9. The van der Waals surface area contributed by atoms with E-state index in [2.05, 4.69) is 60.7 Å². The van der Waals surface area contributed by atoms with Gasteiger partial charge >= 0.3 is 11.9 Å². The lowest BCUT2D eigenvalue weighted by molar-refractivity contribution is -0.491. The number of allylic oxidation sites excluding steroid dienone is 1. The Morgan fingerprint density at radius 1 is 0.965 bits per heavy atom. The Hall–Kier alpha value is -2.70. The fraction of sp³-hybridized carbons (Fsp3) is 0.660. The lowest BCUT2D eigenvalue weighted by atomic mass is 9.43. The van der Waals surface area contributed by atoms with Crippen molar-refractivity contribution in [2.45, 2.75) is 124 Å². The number of rotatable bonds is 13. The lowest BCUT2D eigenvalue weighted by Crippen LogP contribution is -2.66. The number of fused-ring (bicyclic) bond motifs is 2. The molecule has 0 amide bonds. The van der Waals surface area contributed by atoms with E-state index >= 15 is 4.79 Å². The second kappa shape index (κ2) is 13.7. The minimum Gasteiger partial charge on any atom is -0.452 e. The van der Waals surface area contributed by atoms with Gasteiger partial charge in [0, 0.05) is 12.0 Å². The molecule has 308 valence electrons. The summed E-state index contributed by atoms with van der Waals surface area (Å²) >= 11 is 0. The minimum absolute atomic E-state index is 0.0111. The molecule has 0 aromatic heterocycles. The molecule has 2 aromatic carbocycles. The average molecular weight is 799 g/mol. The molecule has 4 aliphatic heterocycles. The zero-order valence-corrected chi connectivity index (χ0v) is 36.4. The van der Waals surface area contributed by atoms with Crippen LogP contribution in [0.15, 0.2) is 72.3 Å². The smallest absolute Gasteiger partial charge is 0.318 e. The van der Waals surface area contributed by atoms with Gasteiger partial charge in [-0.15, -0.1) is 0 Å². The van der Waals surface area contributed by atoms with E-state index in [1.54, 1.807) is 0 Å². The largest absolute Gasteiger partial charge is 0.452 e. The number of esters is 1. The summed E-state index contributed by atoms with van der Waals surface area (Å²) < 4.78 is 48.2. The maximum absolute atomic E-state index is 16.1. The van der Waals surface area contributed by atoms with Gasteiger partial charge in [-0.2, -0.15) is 0 Å². The van der Waals surface area contributed by atoms with E-state index in [0.717, 1.165) is 36.0 Å². The van der Waals surface area contributed by atoms with E-state index in [1.807, 2.05) is 67.6 Å². The summed E-state index contributed by atoms with van der Waals surface area (Å²) in [6, 6.07) is 19.9. The normalized spacial score (nSPS) is 42.4. The molecule has 9 nitrogen and oxygen atoms in total. The fourth-order valence-electron chi connectivity index (χ4n) is 13.5. The van der Waals surface area contributed by atoms with Gasteiger partial charge in [-0.3, -0.25) is 9.53 Å². The molecule has 57 heavy (non-hydrogen) atoms. The van der Waals surface area contributed by atoms with Crippen molar-refractivity contribution in [1.82, 2.24) is 0 Å². The van der Waals surface area contributed by atoms with Gasteiger partial charge in [0.2, 0.25) is 0 Å². The van der Waals surface area contributed by atoms with Crippen LogP contribution < -0.4 is 0 Å². The molecule has 3 saturated carbocycles. The van der Waals surface area contributed by atoms with Crippen molar-refractivity contribution in [2.24, 2.45) is 57.2 Å². The molecule has 4 heterocycles. The van der Waals surface area contributed by atoms with Gasteiger partial charge in [-0.1, -0.05) is 120 Å². The van der Waals surface area contributed by atoms with Gasteiger partial charge in [0.25, 0.3) is 5.97 Å². The maximum atomic E-state index is 16.1. The first-order valence-electron chi connectivity index (χ1n) is 21.6. The summed E-state index contributed by atoms with van der Waals surface area (Å²) in [5, 5.41) is 0. The zero-order valence-electron chi connectivity index (χ0n) is 35.2. The molecule has 13 unspecified atom stereocenters. The molecular formula is C47H62O9Si. The molecule has 10 rings (SSSR count). The van der Waals surface area contributed by atoms with Crippen LogP contribution >= 0.6 is 0 Å². The van der Waals surface area contributed by atoms with E-state index in [0.29, 0.717) is 18.9 Å². The molecule has 0 N–H and O–H groups in total. The fourth-order valence-corrected chi connectivity index (χ4v) is 14.4. The predicted octanol–water partition coefficient (Wildman–Crippen LogP) is 8.38. The van der Waals surface area contributed by atoms with Gasteiger partial charge < -0.3 is 32.9 Å². The first-order chi connectivity index (χ1) is 27.1. The summed E-state index contributed by atoms with van der Waals surface area (Å²) in [4.78, 5) is 30.5. The first-order valence-corrected chi connectivity index (χ1v) is 24.4. The Morgan fingerprint density at radius 2 is 1.63 bits per heavy atom.